The molecule has 6 N–H and O–H groups in total. The highest BCUT2D eigenvalue weighted by Gasteiger charge is 2.32. The second-order valence-electron chi connectivity index (χ2n) is 9.08. The fourth-order valence-electron chi connectivity index (χ4n) is 3.46. The molecule has 5 unspecified atom stereocenters. The number of benzene rings is 1. The molecule has 0 spiro atoms. The maximum Gasteiger partial charge on any atom is 0.326 e. The van der Waals surface area contributed by atoms with E-state index in [1.54, 1.807) is 13.8 Å². The quantitative estimate of drug-likeness (QED) is 0.241. The molecule has 5 atom stereocenters. The van der Waals surface area contributed by atoms with Gasteiger partial charge in [0.2, 0.25) is 17.7 Å². The van der Waals surface area contributed by atoms with E-state index in [0.29, 0.717) is 25.0 Å². The van der Waals surface area contributed by atoms with Crippen LogP contribution in [-0.2, 0) is 25.6 Å². The Kier molecular flexibility index (Phi) is 13.4. The van der Waals surface area contributed by atoms with Gasteiger partial charge in [-0.3, -0.25) is 14.4 Å². The van der Waals surface area contributed by atoms with Crippen molar-refractivity contribution in [2.45, 2.75) is 71.1 Å². The molecular weight excluding hydrogens is 468 g/mol. The van der Waals surface area contributed by atoms with Crippen molar-refractivity contribution >= 4 is 35.5 Å². The minimum absolute atomic E-state index is 0.213. The van der Waals surface area contributed by atoms with E-state index in [4.69, 9.17) is 5.73 Å². The molecule has 1 aromatic rings. The van der Waals surface area contributed by atoms with Gasteiger partial charge in [0.25, 0.3) is 0 Å². The van der Waals surface area contributed by atoms with Gasteiger partial charge in [-0.2, -0.15) is 11.8 Å². The number of nitrogens with one attached hydrogen (secondary N) is 3. The lowest BCUT2D eigenvalue weighted by Gasteiger charge is -2.28. The van der Waals surface area contributed by atoms with Gasteiger partial charge in [0.05, 0.1) is 6.04 Å². The summed E-state index contributed by atoms with van der Waals surface area (Å²) in [5.74, 6) is -2.62. The SMILES string of the molecule is CCC(C)C(NC(=O)C(N)Cc1ccccc1)C(=O)NC(CCSC)C(=O)NC(C(=O)O)C(C)C. The van der Waals surface area contributed by atoms with E-state index >= 15 is 0 Å². The zero-order valence-corrected chi connectivity index (χ0v) is 22.1. The van der Waals surface area contributed by atoms with Crippen molar-refractivity contribution in [2.24, 2.45) is 17.6 Å². The van der Waals surface area contributed by atoms with Crippen LogP contribution in [-0.4, -0.2) is 65.0 Å². The maximum atomic E-state index is 13.2. The van der Waals surface area contributed by atoms with Gasteiger partial charge in [-0.15, -0.1) is 0 Å². The summed E-state index contributed by atoms with van der Waals surface area (Å²) in [6.07, 6.45) is 3.13. The van der Waals surface area contributed by atoms with E-state index in [1.807, 2.05) is 50.4 Å². The second kappa shape index (κ2) is 15.4. The summed E-state index contributed by atoms with van der Waals surface area (Å²) in [7, 11) is 0. The van der Waals surface area contributed by atoms with Crippen molar-refractivity contribution in [1.29, 1.82) is 0 Å². The van der Waals surface area contributed by atoms with Crippen molar-refractivity contribution in [3.8, 4) is 0 Å². The summed E-state index contributed by atoms with van der Waals surface area (Å²) < 4.78 is 0. The molecule has 3 amide bonds. The molecule has 0 saturated heterocycles. The number of nitrogens with two attached hydrogens (primary N) is 1. The number of hydrogen-bond donors (Lipinski definition) is 5. The monoisotopic (exact) mass is 508 g/mol. The number of thioether (sulfide) groups is 1. The summed E-state index contributed by atoms with van der Waals surface area (Å²) in [5, 5.41) is 17.4. The predicted octanol–water partition coefficient (Wildman–Crippen LogP) is 1.55. The molecule has 0 saturated carbocycles. The number of aliphatic carboxylic acids is 1. The first-order valence-electron chi connectivity index (χ1n) is 11.9. The smallest absolute Gasteiger partial charge is 0.326 e. The molecule has 0 fully saturated rings. The number of rotatable bonds is 15. The van der Waals surface area contributed by atoms with Crippen molar-refractivity contribution in [3.63, 3.8) is 0 Å². The van der Waals surface area contributed by atoms with Gasteiger partial charge in [-0.1, -0.05) is 64.4 Å². The van der Waals surface area contributed by atoms with Crippen LogP contribution >= 0.6 is 11.8 Å². The minimum Gasteiger partial charge on any atom is -0.480 e. The zero-order chi connectivity index (χ0) is 26.5. The van der Waals surface area contributed by atoms with E-state index in [2.05, 4.69) is 16.0 Å². The van der Waals surface area contributed by atoms with Crippen molar-refractivity contribution < 1.29 is 24.3 Å². The van der Waals surface area contributed by atoms with Gasteiger partial charge in [0.15, 0.2) is 0 Å². The maximum absolute atomic E-state index is 13.2. The van der Waals surface area contributed by atoms with Gasteiger partial charge >= 0.3 is 5.97 Å². The molecule has 9 nitrogen and oxygen atoms in total. The number of hydrogen-bond acceptors (Lipinski definition) is 6. The molecule has 0 bridgehead atoms. The highest BCUT2D eigenvalue weighted by atomic mass is 32.2. The Morgan fingerprint density at radius 1 is 0.943 bits per heavy atom. The summed E-state index contributed by atoms with van der Waals surface area (Å²) in [4.78, 5) is 50.4. The van der Waals surface area contributed by atoms with Crippen LogP contribution in [0.1, 0.15) is 46.1 Å². The number of carboxylic acids is 1. The third-order valence-corrected chi connectivity index (χ3v) is 6.55. The van der Waals surface area contributed by atoms with Crippen LogP contribution in [0.25, 0.3) is 0 Å². The molecule has 10 heteroatoms. The molecule has 0 aliphatic heterocycles. The summed E-state index contributed by atoms with van der Waals surface area (Å²) >= 11 is 1.51. The highest BCUT2D eigenvalue weighted by Crippen LogP contribution is 2.11. The average molecular weight is 509 g/mol. The first-order chi connectivity index (χ1) is 16.5. The van der Waals surface area contributed by atoms with E-state index in [1.165, 1.54) is 11.8 Å². The topological polar surface area (TPSA) is 151 Å². The molecule has 35 heavy (non-hydrogen) atoms. The number of carboxylic acid groups (broad SMARTS) is 1. The van der Waals surface area contributed by atoms with E-state index in [0.717, 1.165) is 5.56 Å². The largest absolute Gasteiger partial charge is 0.480 e. The fraction of sp³-hybridized carbons (Fsp3) is 0.600. The van der Waals surface area contributed by atoms with Gasteiger partial charge in [-0.25, -0.2) is 4.79 Å². The van der Waals surface area contributed by atoms with Crippen molar-refractivity contribution in [3.05, 3.63) is 35.9 Å². The van der Waals surface area contributed by atoms with E-state index in [9.17, 15) is 24.3 Å². The minimum atomic E-state index is -1.14. The van der Waals surface area contributed by atoms with Crippen LogP contribution in [0, 0.1) is 11.8 Å². The standard InChI is InChI=1S/C25H40N4O5S/c1-6-16(4)21(29-22(30)18(26)14-17-10-8-7-9-11-17)24(32)27-19(12-13-35-5)23(31)28-20(15(2)3)25(33)34/h7-11,15-16,18-21H,6,12-14,26H2,1-5H3,(H,27,32)(H,28,31)(H,29,30)(H,33,34). The molecule has 0 heterocycles. The number of carbonyl (C=O) groups is 4. The molecule has 1 aromatic carbocycles. The normalized spacial score (nSPS) is 15.4. The Balaban J connectivity index is 2.96. The van der Waals surface area contributed by atoms with Crippen LogP contribution in [0.4, 0.5) is 0 Å². The van der Waals surface area contributed by atoms with Gasteiger partial charge < -0.3 is 26.8 Å². The summed E-state index contributed by atoms with van der Waals surface area (Å²) in [6, 6.07) is 5.63. The summed E-state index contributed by atoms with van der Waals surface area (Å²) in [6.45, 7) is 7.13. The van der Waals surface area contributed by atoms with Crippen molar-refractivity contribution in [1.82, 2.24) is 16.0 Å². The Bertz CT molecular complexity index is 836. The van der Waals surface area contributed by atoms with Crippen LogP contribution in [0.3, 0.4) is 0 Å². The lowest BCUT2D eigenvalue weighted by atomic mass is 9.96. The molecule has 0 aromatic heterocycles. The third kappa shape index (κ3) is 10.3. The molecular formula is C25H40N4O5S. The van der Waals surface area contributed by atoms with Gasteiger partial charge in [-0.05, 0) is 42.2 Å². The first kappa shape index (κ1) is 30.4. The Hall–Kier alpha value is -2.59. The Morgan fingerprint density at radius 2 is 1.54 bits per heavy atom. The lowest BCUT2D eigenvalue weighted by molar-refractivity contribution is -0.143. The highest BCUT2D eigenvalue weighted by molar-refractivity contribution is 7.98. The predicted molar refractivity (Wildman–Crippen MR) is 139 cm³/mol. The fourth-order valence-corrected chi connectivity index (χ4v) is 3.93. The Morgan fingerprint density at radius 3 is 2.06 bits per heavy atom. The molecule has 0 aliphatic carbocycles. The van der Waals surface area contributed by atoms with Crippen LogP contribution in [0.5, 0.6) is 0 Å². The lowest BCUT2D eigenvalue weighted by Crippen LogP contribution is -2.59. The zero-order valence-electron chi connectivity index (χ0n) is 21.2. The number of amides is 3. The molecule has 1 rings (SSSR count). The summed E-state index contributed by atoms with van der Waals surface area (Å²) in [5.41, 5.74) is 7.01. The van der Waals surface area contributed by atoms with Crippen LogP contribution in [0.2, 0.25) is 0 Å². The molecule has 0 aliphatic rings. The average Bonchev–Trinajstić information content (AvgIpc) is 2.82. The molecule has 0 radical (unpaired) electrons. The van der Waals surface area contributed by atoms with E-state index in [-0.39, 0.29) is 11.8 Å². The van der Waals surface area contributed by atoms with Crippen molar-refractivity contribution in [2.75, 3.05) is 12.0 Å². The van der Waals surface area contributed by atoms with E-state index < -0.39 is 47.9 Å². The van der Waals surface area contributed by atoms with Gasteiger partial charge in [0.1, 0.15) is 18.1 Å². The third-order valence-electron chi connectivity index (χ3n) is 5.90. The van der Waals surface area contributed by atoms with Crippen LogP contribution in [0.15, 0.2) is 30.3 Å². The number of carbonyl (C=O) groups excluding carboxylic acids is 3. The Labute approximate surface area is 212 Å². The first-order valence-corrected chi connectivity index (χ1v) is 13.3. The molecule has 196 valence electrons. The van der Waals surface area contributed by atoms with Crippen LogP contribution < -0.4 is 21.7 Å². The van der Waals surface area contributed by atoms with Gasteiger partial charge in [0, 0.05) is 0 Å². The second-order valence-corrected chi connectivity index (χ2v) is 10.1.